The van der Waals surface area contributed by atoms with E-state index in [0.717, 1.165) is 18.5 Å². The van der Waals surface area contributed by atoms with E-state index >= 15 is 0 Å². The molecule has 0 aromatic carbocycles. The molecular formula is C9H13N2. The lowest BCUT2D eigenvalue weighted by atomic mass is 10.2. The van der Waals surface area contributed by atoms with Gasteiger partial charge in [-0.1, -0.05) is 19.8 Å². The molecule has 2 heteroatoms. The van der Waals surface area contributed by atoms with E-state index in [4.69, 9.17) is 0 Å². The van der Waals surface area contributed by atoms with Crippen molar-refractivity contribution in [2.45, 2.75) is 25.7 Å². The summed E-state index contributed by atoms with van der Waals surface area (Å²) >= 11 is 0. The Hall–Kier alpha value is -0.920. The topological polar surface area (TPSA) is 25.8 Å². The Morgan fingerprint density at radius 1 is 1.27 bits per heavy atom. The predicted molar refractivity (Wildman–Crippen MR) is 44.9 cm³/mol. The molecule has 0 N–H and O–H groups in total. The van der Waals surface area contributed by atoms with Crippen LogP contribution in [0.5, 0.6) is 0 Å². The van der Waals surface area contributed by atoms with Crippen LogP contribution in [0.3, 0.4) is 0 Å². The first-order valence-corrected chi connectivity index (χ1v) is 3.97. The van der Waals surface area contributed by atoms with E-state index in [-0.39, 0.29) is 0 Å². The molecule has 0 aliphatic heterocycles. The summed E-state index contributed by atoms with van der Waals surface area (Å²) in [5.74, 6) is 0. The van der Waals surface area contributed by atoms with Crippen LogP contribution in [0.15, 0.2) is 18.6 Å². The largest absolute Gasteiger partial charge is 0.261 e. The van der Waals surface area contributed by atoms with Crippen molar-refractivity contribution in [3.05, 3.63) is 31.2 Å². The van der Waals surface area contributed by atoms with Gasteiger partial charge in [0.1, 0.15) is 0 Å². The van der Waals surface area contributed by atoms with Gasteiger partial charge in [0.25, 0.3) is 0 Å². The second kappa shape index (κ2) is 4.83. The van der Waals surface area contributed by atoms with Gasteiger partial charge in [0, 0.05) is 18.6 Å². The molecule has 0 saturated carbocycles. The molecule has 1 heterocycles. The molecule has 1 radical (unpaired) electrons. The standard InChI is InChI=1S/C9H13N2/c1-2-3-4-5-9-8-10-6-7-11-9/h6-8H,1-5H2. The molecule has 1 aromatic rings. The van der Waals surface area contributed by atoms with E-state index < -0.39 is 0 Å². The van der Waals surface area contributed by atoms with Gasteiger partial charge in [0.15, 0.2) is 0 Å². The number of nitrogens with zero attached hydrogens (tertiary/aromatic N) is 2. The van der Waals surface area contributed by atoms with Gasteiger partial charge in [-0.05, 0) is 12.8 Å². The number of aryl methyl sites for hydroxylation is 1. The van der Waals surface area contributed by atoms with Crippen molar-refractivity contribution in [3.8, 4) is 0 Å². The molecule has 0 unspecified atom stereocenters. The molecule has 0 amide bonds. The maximum absolute atomic E-state index is 4.17. The Morgan fingerprint density at radius 3 is 2.82 bits per heavy atom. The third-order valence-corrected chi connectivity index (χ3v) is 1.55. The lowest BCUT2D eigenvalue weighted by molar-refractivity contribution is 0.730. The predicted octanol–water partition coefficient (Wildman–Crippen LogP) is 2.02. The Kier molecular flexibility index (Phi) is 3.59. The van der Waals surface area contributed by atoms with Crippen LogP contribution in [0.2, 0.25) is 0 Å². The lowest BCUT2D eigenvalue weighted by Crippen LogP contribution is -1.89. The molecular weight excluding hydrogens is 136 g/mol. The average molecular weight is 149 g/mol. The van der Waals surface area contributed by atoms with E-state index in [1.165, 1.54) is 12.8 Å². The van der Waals surface area contributed by atoms with Crippen LogP contribution >= 0.6 is 0 Å². The zero-order chi connectivity index (χ0) is 7.94. The Morgan fingerprint density at radius 2 is 2.18 bits per heavy atom. The van der Waals surface area contributed by atoms with Crippen molar-refractivity contribution in [2.75, 3.05) is 0 Å². The summed E-state index contributed by atoms with van der Waals surface area (Å²) in [7, 11) is 0. The zero-order valence-electron chi connectivity index (χ0n) is 6.66. The van der Waals surface area contributed by atoms with E-state index in [1.807, 2.05) is 6.20 Å². The molecule has 0 aliphatic carbocycles. The maximum atomic E-state index is 4.17. The summed E-state index contributed by atoms with van der Waals surface area (Å²) in [4.78, 5) is 8.15. The van der Waals surface area contributed by atoms with Crippen molar-refractivity contribution in [1.29, 1.82) is 0 Å². The van der Waals surface area contributed by atoms with Gasteiger partial charge < -0.3 is 0 Å². The molecule has 59 valence electrons. The van der Waals surface area contributed by atoms with Crippen LogP contribution in [0, 0.1) is 6.92 Å². The summed E-state index contributed by atoms with van der Waals surface area (Å²) in [6.07, 6.45) is 9.65. The minimum absolute atomic E-state index is 1.01. The minimum Gasteiger partial charge on any atom is -0.261 e. The highest BCUT2D eigenvalue weighted by Crippen LogP contribution is 2.00. The third kappa shape index (κ3) is 3.12. The second-order valence-corrected chi connectivity index (χ2v) is 2.51. The van der Waals surface area contributed by atoms with Gasteiger partial charge in [-0.25, -0.2) is 0 Å². The maximum Gasteiger partial charge on any atom is 0.0586 e. The molecule has 2 nitrogen and oxygen atoms in total. The molecule has 0 saturated heterocycles. The minimum atomic E-state index is 1.01. The van der Waals surface area contributed by atoms with Crippen molar-refractivity contribution < 1.29 is 0 Å². The smallest absolute Gasteiger partial charge is 0.0586 e. The SMILES string of the molecule is [CH2]CCCCc1cnccn1. The third-order valence-electron chi connectivity index (χ3n) is 1.55. The molecule has 0 spiro atoms. The van der Waals surface area contributed by atoms with Crippen LogP contribution in [0.1, 0.15) is 25.0 Å². The van der Waals surface area contributed by atoms with Crippen molar-refractivity contribution in [3.63, 3.8) is 0 Å². The quantitative estimate of drug-likeness (QED) is 0.612. The molecule has 11 heavy (non-hydrogen) atoms. The molecule has 0 atom stereocenters. The number of aromatic nitrogens is 2. The number of unbranched alkanes of at least 4 members (excludes halogenated alkanes) is 2. The highest BCUT2D eigenvalue weighted by Gasteiger charge is 1.91. The van der Waals surface area contributed by atoms with Crippen molar-refractivity contribution in [1.82, 2.24) is 9.97 Å². The second-order valence-electron chi connectivity index (χ2n) is 2.51. The Labute approximate surface area is 67.7 Å². The van der Waals surface area contributed by atoms with Gasteiger partial charge in [0.2, 0.25) is 0 Å². The van der Waals surface area contributed by atoms with Crippen LogP contribution in [-0.2, 0) is 6.42 Å². The average Bonchev–Trinajstić information content (AvgIpc) is 2.07. The van der Waals surface area contributed by atoms with Crippen LogP contribution in [0.25, 0.3) is 0 Å². The van der Waals surface area contributed by atoms with Gasteiger partial charge in [0.05, 0.1) is 5.69 Å². The highest BCUT2D eigenvalue weighted by molar-refractivity contribution is 4.94. The van der Waals surface area contributed by atoms with E-state index in [1.54, 1.807) is 12.4 Å². The van der Waals surface area contributed by atoms with Gasteiger partial charge in [-0.3, -0.25) is 9.97 Å². The molecule has 1 aromatic heterocycles. The number of hydrogen-bond acceptors (Lipinski definition) is 2. The van der Waals surface area contributed by atoms with Crippen LogP contribution in [0.4, 0.5) is 0 Å². The van der Waals surface area contributed by atoms with Gasteiger partial charge in [-0.2, -0.15) is 0 Å². The monoisotopic (exact) mass is 149 g/mol. The first-order valence-electron chi connectivity index (χ1n) is 3.97. The Balaban J connectivity index is 2.28. The van der Waals surface area contributed by atoms with Gasteiger partial charge >= 0.3 is 0 Å². The van der Waals surface area contributed by atoms with E-state index in [0.29, 0.717) is 0 Å². The molecule has 0 fully saturated rings. The van der Waals surface area contributed by atoms with E-state index in [9.17, 15) is 0 Å². The lowest BCUT2D eigenvalue weighted by Gasteiger charge is -1.96. The fraction of sp³-hybridized carbons (Fsp3) is 0.444. The van der Waals surface area contributed by atoms with Gasteiger partial charge in [-0.15, -0.1) is 0 Å². The van der Waals surface area contributed by atoms with Crippen molar-refractivity contribution >= 4 is 0 Å². The van der Waals surface area contributed by atoms with Crippen molar-refractivity contribution in [2.24, 2.45) is 0 Å². The van der Waals surface area contributed by atoms with Crippen LogP contribution < -0.4 is 0 Å². The van der Waals surface area contributed by atoms with Crippen LogP contribution in [-0.4, -0.2) is 9.97 Å². The fourth-order valence-electron chi connectivity index (χ4n) is 0.942. The zero-order valence-corrected chi connectivity index (χ0v) is 6.66. The Bertz CT molecular complexity index is 184. The molecule has 1 rings (SSSR count). The summed E-state index contributed by atoms with van der Waals surface area (Å²) in [6.45, 7) is 3.78. The molecule has 0 bridgehead atoms. The first-order chi connectivity index (χ1) is 5.43. The normalized spacial score (nSPS) is 9.91. The summed E-state index contributed by atoms with van der Waals surface area (Å²) in [5.41, 5.74) is 1.08. The van der Waals surface area contributed by atoms with E-state index in [2.05, 4.69) is 16.9 Å². The molecule has 0 aliphatic rings. The number of hydrogen-bond donors (Lipinski definition) is 0. The highest BCUT2D eigenvalue weighted by atomic mass is 14.8. The fourth-order valence-corrected chi connectivity index (χ4v) is 0.942. The summed E-state index contributed by atoms with van der Waals surface area (Å²) in [5, 5.41) is 0. The summed E-state index contributed by atoms with van der Waals surface area (Å²) < 4.78 is 0. The first kappa shape index (κ1) is 8.18. The number of rotatable bonds is 4. The summed E-state index contributed by atoms with van der Waals surface area (Å²) in [6, 6.07) is 0.